The highest BCUT2D eigenvalue weighted by Crippen LogP contribution is 2.49. The van der Waals surface area contributed by atoms with Crippen LogP contribution in [0.25, 0.3) is 0 Å². The molecule has 1 spiro atoms. The second-order valence-electron chi connectivity index (χ2n) is 11.8. The Bertz CT molecular complexity index is 1150. The molecule has 0 bridgehead atoms. The van der Waals surface area contributed by atoms with Crippen LogP contribution in [0.4, 0.5) is 20.3 Å². The molecule has 9 heteroatoms. The average molecular weight is 528 g/mol. The minimum atomic E-state index is -2.61. The van der Waals surface area contributed by atoms with Crippen molar-refractivity contribution in [3.63, 3.8) is 0 Å². The van der Waals surface area contributed by atoms with Gasteiger partial charge < -0.3 is 19.4 Å². The smallest absolute Gasteiger partial charge is 0.280 e. The van der Waals surface area contributed by atoms with Crippen molar-refractivity contribution in [3.05, 3.63) is 41.6 Å². The summed E-state index contributed by atoms with van der Waals surface area (Å²) in [7, 11) is 0. The summed E-state index contributed by atoms with van der Waals surface area (Å²) in [5.41, 5.74) is 2.67. The third-order valence-electron chi connectivity index (χ3n) is 9.83. The highest BCUT2D eigenvalue weighted by atomic mass is 19.3. The van der Waals surface area contributed by atoms with Gasteiger partial charge in [0.15, 0.2) is 0 Å². The number of alkyl halides is 2. The van der Waals surface area contributed by atoms with Gasteiger partial charge in [0.1, 0.15) is 11.5 Å². The average Bonchev–Trinajstić information content (AvgIpc) is 3.24. The van der Waals surface area contributed by atoms with E-state index in [2.05, 4.69) is 59.2 Å². The highest BCUT2D eigenvalue weighted by molar-refractivity contribution is 5.87. The molecule has 2 unspecified atom stereocenters. The number of hydrogen-bond acceptors (Lipinski definition) is 6. The number of fused-ring (bicyclic) bond motifs is 3. The minimum Gasteiger partial charge on any atom is -0.366 e. The van der Waals surface area contributed by atoms with Crippen molar-refractivity contribution in [2.24, 2.45) is 0 Å². The first-order chi connectivity index (χ1) is 18.2. The van der Waals surface area contributed by atoms with Crippen LogP contribution < -0.4 is 9.80 Å². The Morgan fingerprint density at radius 1 is 1.18 bits per heavy atom. The first-order valence-corrected chi connectivity index (χ1v) is 14.1. The molecule has 5 aliphatic rings. The first-order valence-electron chi connectivity index (χ1n) is 14.1. The van der Waals surface area contributed by atoms with Crippen LogP contribution in [0.1, 0.15) is 63.6 Å². The molecular weight excluding hydrogens is 488 g/mol. The van der Waals surface area contributed by atoms with Gasteiger partial charge in [0.2, 0.25) is 5.91 Å². The Morgan fingerprint density at radius 3 is 2.58 bits per heavy atom. The third kappa shape index (κ3) is 4.04. The standard InChI is InChI=1S/C29H39F2N5O2/c1-5-25(37)34-11-9-33(10-12-34)23-17-36-21(23)14-18(2)26-22(36)15-24(32-27(26)28(30)31)35-8-7-29(16-20(35)4)19(3)6-13-38-29/h5-6,15,18,20-21,23,28H,1,7-14,16-17H2,2-4H3/t18-,20+,21-,23?,29?/m0/s1. The van der Waals surface area contributed by atoms with Crippen molar-refractivity contribution >= 4 is 17.4 Å². The normalized spacial score (nSPS) is 33.2. The van der Waals surface area contributed by atoms with Crippen LogP contribution in [0.15, 0.2) is 30.4 Å². The number of amides is 1. The summed E-state index contributed by atoms with van der Waals surface area (Å²) in [6, 6.07) is 2.88. The number of nitrogens with zero attached hydrogens (tertiary/aromatic N) is 5. The van der Waals surface area contributed by atoms with Gasteiger partial charge in [-0.1, -0.05) is 19.6 Å². The molecule has 7 nitrogen and oxygen atoms in total. The fourth-order valence-corrected chi connectivity index (χ4v) is 7.60. The number of ether oxygens (including phenoxy) is 1. The van der Waals surface area contributed by atoms with E-state index in [0.717, 1.165) is 56.7 Å². The topological polar surface area (TPSA) is 52.2 Å². The number of aromatic nitrogens is 1. The number of carbonyl (C=O) groups excluding carboxylic acids is 1. The Balaban J connectivity index is 1.24. The third-order valence-corrected chi connectivity index (χ3v) is 9.83. The predicted octanol–water partition coefficient (Wildman–Crippen LogP) is 4.12. The molecule has 206 valence electrons. The van der Waals surface area contributed by atoms with Gasteiger partial charge in [0.05, 0.1) is 12.2 Å². The molecule has 3 saturated heterocycles. The van der Waals surface area contributed by atoms with Crippen molar-refractivity contribution in [2.45, 2.75) is 76.1 Å². The summed E-state index contributed by atoms with van der Waals surface area (Å²) >= 11 is 0. The number of piperazine rings is 1. The van der Waals surface area contributed by atoms with E-state index in [4.69, 9.17) is 4.74 Å². The molecule has 1 amide bonds. The zero-order chi connectivity index (χ0) is 26.8. The Kier molecular flexibility index (Phi) is 6.50. The minimum absolute atomic E-state index is 0.0109. The van der Waals surface area contributed by atoms with E-state index in [1.165, 1.54) is 11.6 Å². The molecule has 3 fully saturated rings. The molecule has 1 aromatic heterocycles. The lowest BCUT2D eigenvalue weighted by molar-refractivity contribution is -0.128. The maximum absolute atomic E-state index is 14.4. The Labute approximate surface area is 224 Å². The van der Waals surface area contributed by atoms with Crippen LogP contribution in [0.3, 0.4) is 0 Å². The zero-order valence-electron chi connectivity index (χ0n) is 22.7. The van der Waals surface area contributed by atoms with Crippen LogP contribution in [0.5, 0.6) is 0 Å². The lowest BCUT2D eigenvalue weighted by atomic mass is 9.77. The summed E-state index contributed by atoms with van der Waals surface area (Å²) in [5.74, 6) is 0.669. The van der Waals surface area contributed by atoms with Crippen molar-refractivity contribution in [1.29, 1.82) is 0 Å². The van der Waals surface area contributed by atoms with Crippen molar-refractivity contribution < 1.29 is 18.3 Å². The monoisotopic (exact) mass is 527 g/mol. The SMILES string of the molecule is C=CC(=O)N1CCN(C2CN3c4cc(N5CCC6(C[C@H]5C)OCC=C6C)nc(C(F)F)c4[C@@H](C)C[C@@H]23)CC1. The Morgan fingerprint density at radius 2 is 1.95 bits per heavy atom. The van der Waals surface area contributed by atoms with E-state index in [0.29, 0.717) is 37.6 Å². The lowest BCUT2D eigenvalue weighted by Crippen LogP contribution is -2.70. The summed E-state index contributed by atoms with van der Waals surface area (Å²) < 4.78 is 35.0. The number of carbonyl (C=O) groups is 1. The fraction of sp³-hybridized carbons (Fsp3) is 0.655. The Hall–Kier alpha value is -2.52. The second kappa shape index (κ2) is 9.59. The number of hydrogen-bond donors (Lipinski definition) is 0. The van der Waals surface area contributed by atoms with Crippen LogP contribution in [0, 0.1) is 0 Å². The molecule has 1 aromatic rings. The van der Waals surface area contributed by atoms with Gasteiger partial charge in [-0.2, -0.15) is 0 Å². The number of rotatable bonds is 4. The van der Waals surface area contributed by atoms with Gasteiger partial charge in [-0.25, -0.2) is 13.8 Å². The molecule has 0 aliphatic carbocycles. The van der Waals surface area contributed by atoms with Gasteiger partial charge in [-0.3, -0.25) is 9.69 Å². The van der Waals surface area contributed by atoms with Gasteiger partial charge in [-0.15, -0.1) is 0 Å². The van der Waals surface area contributed by atoms with E-state index in [1.807, 2.05) is 4.90 Å². The largest absolute Gasteiger partial charge is 0.366 e. The predicted molar refractivity (Wildman–Crippen MR) is 144 cm³/mol. The highest BCUT2D eigenvalue weighted by Gasteiger charge is 2.49. The number of anilines is 2. The fourth-order valence-electron chi connectivity index (χ4n) is 7.60. The summed E-state index contributed by atoms with van der Waals surface area (Å²) in [6.45, 7) is 15.3. The summed E-state index contributed by atoms with van der Waals surface area (Å²) in [5, 5.41) is 0. The van der Waals surface area contributed by atoms with E-state index < -0.39 is 6.43 Å². The van der Waals surface area contributed by atoms with E-state index in [1.54, 1.807) is 0 Å². The molecule has 0 aromatic carbocycles. The number of halogens is 2. The van der Waals surface area contributed by atoms with E-state index in [-0.39, 0.29) is 29.2 Å². The van der Waals surface area contributed by atoms with Crippen LogP contribution in [-0.2, 0) is 9.53 Å². The van der Waals surface area contributed by atoms with Gasteiger partial charge in [-0.05, 0) is 44.3 Å². The van der Waals surface area contributed by atoms with Crippen molar-refractivity contribution in [2.75, 3.05) is 55.7 Å². The molecular formula is C29H39F2N5O2. The van der Waals surface area contributed by atoms with Gasteiger partial charge in [0, 0.05) is 81.1 Å². The van der Waals surface area contributed by atoms with Gasteiger partial charge in [0.25, 0.3) is 6.43 Å². The quantitative estimate of drug-likeness (QED) is 0.434. The molecule has 5 aliphatic heterocycles. The molecule has 38 heavy (non-hydrogen) atoms. The van der Waals surface area contributed by atoms with Crippen LogP contribution in [-0.4, -0.2) is 90.3 Å². The lowest BCUT2D eigenvalue weighted by Gasteiger charge is -2.58. The van der Waals surface area contributed by atoms with Crippen LogP contribution >= 0.6 is 0 Å². The van der Waals surface area contributed by atoms with Gasteiger partial charge >= 0.3 is 0 Å². The van der Waals surface area contributed by atoms with E-state index in [9.17, 15) is 13.6 Å². The summed E-state index contributed by atoms with van der Waals surface area (Å²) in [6.07, 6.45) is 3.46. The van der Waals surface area contributed by atoms with Crippen molar-refractivity contribution in [3.8, 4) is 0 Å². The van der Waals surface area contributed by atoms with Crippen molar-refractivity contribution in [1.82, 2.24) is 14.8 Å². The maximum Gasteiger partial charge on any atom is 0.280 e. The molecule has 0 N–H and O–H groups in total. The molecule has 0 saturated carbocycles. The molecule has 6 rings (SSSR count). The van der Waals surface area contributed by atoms with Crippen LogP contribution in [0.2, 0.25) is 0 Å². The van der Waals surface area contributed by atoms with E-state index >= 15 is 0 Å². The number of piperidine rings is 1. The molecule has 0 radical (unpaired) electrons. The first kappa shape index (κ1) is 25.7. The zero-order valence-corrected chi connectivity index (χ0v) is 22.7. The number of pyridine rings is 1. The summed E-state index contributed by atoms with van der Waals surface area (Å²) in [4.78, 5) is 25.5. The molecule has 5 atom stereocenters. The molecule has 6 heterocycles. The second-order valence-corrected chi connectivity index (χ2v) is 11.8. The maximum atomic E-state index is 14.4.